The van der Waals surface area contributed by atoms with Crippen LogP contribution in [-0.2, 0) is 55.6 Å². The molecule has 0 spiro atoms. The topological polar surface area (TPSA) is 153 Å². The summed E-state index contributed by atoms with van der Waals surface area (Å²) in [7, 11) is 1.65. The number of pyridine rings is 1. The Balaban J connectivity index is 0.853. The number of rotatable bonds is 10. The zero-order chi connectivity index (χ0) is 45.9. The summed E-state index contributed by atoms with van der Waals surface area (Å²) >= 11 is 0. The van der Waals surface area contributed by atoms with Crippen LogP contribution in [0.15, 0.2) is 78.4 Å². The van der Waals surface area contributed by atoms with E-state index in [4.69, 9.17) is 9.72 Å². The first-order valence-electron chi connectivity index (χ1n) is 23.4. The van der Waals surface area contributed by atoms with E-state index >= 15 is 0 Å². The minimum Gasteiger partial charge on any atom is -0.392 e. The van der Waals surface area contributed by atoms with E-state index in [0.717, 1.165) is 77.1 Å². The number of benzene rings is 2. The van der Waals surface area contributed by atoms with E-state index in [1.807, 2.05) is 24.3 Å². The first kappa shape index (κ1) is 43.6. The molecule has 3 aromatic heterocycles. The maximum Gasteiger partial charge on any atom is 0.293 e. The zero-order valence-corrected chi connectivity index (χ0v) is 38.5. The summed E-state index contributed by atoms with van der Waals surface area (Å²) in [5.41, 5.74) is 10.4. The quantitative estimate of drug-likeness (QED) is 0.141. The van der Waals surface area contributed by atoms with Gasteiger partial charge in [-0.05, 0) is 110 Å². The minimum absolute atomic E-state index is 0.0598. The molecule has 0 unspecified atom stereocenters. The molecule has 2 aromatic carbocycles. The Morgan fingerprint density at radius 3 is 2.61 bits per heavy atom. The first-order chi connectivity index (χ1) is 31.9. The third-order valence-corrected chi connectivity index (χ3v) is 14.4. The van der Waals surface area contributed by atoms with Gasteiger partial charge in [-0.1, -0.05) is 26.5 Å². The van der Waals surface area contributed by atoms with Gasteiger partial charge in [0.2, 0.25) is 5.91 Å². The van der Waals surface area contributed by atoms with Crippen molar-refractivity contribution in [1.82, 2.24) is 24.0 Å². The molecule has 1 atom stereocenters. The molecular weight excluding hydrogens is 833 g/mol. The van der Waals surface area contributed by atoms with Crippen LogP contribution in [0.1, 0.15) is 72.0 Å². The van der Waals surface area contributed by atoms with Gasteiger partial charge in [-0.2, -0.15) is 0 Å². The highest BCUT2D eigenvalue weighted by Crippen LogP contribution is 2.41. The third kappa shape index (κ3) is 8.17. The van der Waals surface area contributed by atoms with Gasteiger partial charge in [0.1, 0.15) is 11.5 Å². The van der Waals surface area contributed by atoms with Crippen molar-refractivity contribution in [1.29, 1.82) is 0 Å². The molecule has 2 amide bonds. The molecule has 66 heavy (non-hydrogen) atoms. The average Bonchev–Trinajstić information content (AvgIpc) is 3.82. The standard InChI is InChI=1S/C51H60N10O5/c1-6-46(63)54-41-25-36(8-10-43(41)59-19-18-58(28-32(59)2)37-12-16-57(17-13-37)38-9-7-34-31-66-22-14-33(34)23-38)53-47-50(65)56(5)29-42(55-47)39-11-15-52-48(40(39)30-62)61-21-20-60-44(49(61)64)24-35-26-51(3,4)27-45(35)60/h6-11,15,23-25,29,32,37,62H,1,12-14,16-22,26-28,30-31H2,2-5H3,(H,53,55)(H,54,63)/t32-/m0/s1. The molecule has 0 radical (unpaired) electrons. The van der Waals surface area contributed by atoms with Crippen LogP contribution in [0.2, 0.25) is 0 Å². The summed E-state index contributed by atoms with van der Waals surface area (Å²) in [6.07, 6.45) is 9.54. The number of aryl methyl sites for hydroxylation is 1. The van der Waals surface area contributed by atoms with Crippen LogP contribution in [0, 0.1) is 5.41 Å². The third-order valence-electron chi connectivity index (χ3n) is 14.4. The number of nitrogens with zero attached hydrogens (tertiary/aromatic N) is 8. The number of aliphatic hydroxyl groups excluding tert-OH is 1. The van der Waals surface area contributed by atoms with Gasteiger partial charge in [-0.3, -0.25) is 24.2 Å². The Kier molecular flexibility index (Phi) is 11.6. The predicted molar refractivity (Wildman–Crippen MR) is 258 cm³/mol. The summed E-state index contributed by atoms with van der Waals surface area (Å²) in [5, 5.41) is 17.1. The van der Waals surface area contributed by atoms with Crippen LogP contribution < -0.4 is 30.9 Å². The van der Waals surface area contributed by atoms with E-state index in [9.17, 15) is 19.5 Å². The van der Waals surface area contributed by atoms with E-state index in [-0.39, 0.29) is 34.6 Å². The maximum absolute atomic E-state index is 14.0. The molecule has 0 bridgehead atoms. The lowest BCUT2D eigenvalue weighted by Gasteiger charge is -2.47. The van der Waals surface area contributed by atoms with E-state index in [2.05, 4.69) is 80.4 Å². The maximum atomic E-state index is 14.0. The first-order valence-corrected chi connectivity index (χ1v) is 23.4. The van der Waals surface area contributed by atoms with Crippen LogP contribution in [0.5, 0.6) is 0 Å². The second kappa shape index (κ2) is 17.5. The number of nitrogens with one attached hydrogen (secondary N) is 2. The summed E-state index contributed by atoms with van der Waals surface area (Å²) in [6.45, 7) is 17.2. The lowest BCUT2D eigenvalue weighted by molar-refractivity contribution is -0.111. The number of aromatic nitrogens is 4. The second-order valence-electron chi connectivity index (χ2n) is 19.4. The molecule has 0 saturated carbocycles. The highest BCUT2D eigenvalue weighted by molar-refractivity contribution is 6.06. The number of hydrogen-bond donors (Lipinski definition) is 3. The van der Waals surface area contributed by atoms with Crippen molar-refractivity contribution >= 4 is 46.2 Å². The molecule has 1 aliphatic carbocycles. The fourth-order valence-electron chi connectivity index (χ4n) is 11.0. The fraction of sp³-hybridized carbons (Fsp3) is 0.431. The van der Waals surface area contributed by atoms with E-state index in [1.165, 1.54) is 38.7 Å². The minimum atomic E-state index is -0.395. The number of carbonyl (C=O) groups is 2. The summed E-state index contributed by atoms with van der Waals surface area (Å²) < 4.78 is 9.24. The largest absolute Gasteiger partial charge is 0.392 e. The lowest BCUT2D eigenvalue weighted by Crippen LogP contribution is -2.57. The van der Waals surface area contributed by atoms with Crippen LogP contribution in [0.25, 0.3) is 11.3 Å². The summed E-state index contributed by atoms with van der Waals surface area (Å²) in [6, 6.07) is 17.0. The van der Waals surface area contributed by atoms with E-state index < -0.39 is 6.61 Å². The highest BCUT2D eigenvalue weighted by atomic mass is 16.5. The van der Waals surface area contributed by atoms with Crippen LogP contribution >= 0.6 is 0 Å². The highest BCUT2D eigenvalue weighted by Gasteiger charge is 2.38. The van der Waals surface area contributed by atoms with Gasteiger partial charge >= 0.3 is 0 Å². The Morgan fingerprint density at radius 1 is 0.985 bits per heavy atom. The number of anilines is 6. The van der Waals surface area contributed by atoms with Gasteiger partial charge in [0.15, 0.2) is 5.82 Å². The van der Waals surface area contributed by atoms with Gasteiger partial charge in [-0.25, -0.2) is 9.97 Å². The molecule has 4 aliphatic heterocycles. The monoisotopic (exact) mass is 892 g/mol. The number of amides is 2. The molecule has 5 aliphatic rings. The molecule has 15 nitrogen and oxygen atoms in total. The molecule has 7 heterocycles. The van der Waals surface area contributed by atoms with Crippen molar-refractivity contribution in [2.45, 2.75) is 84.7 Å². The van der Waals surface area contributed by atoms with Gasteiger partial charge in [0.05, 0.1) is 36.9 Å². The molecule has 2 saturated heterocycles. The van der Waals surface area contributed by atoms with E-state index in [0.29, 0.717) is 65.4 Å². The second-order valence-corrected chi connectivity index (χ2v) is 19.4. The van der Waals surface area contributed by atoms with Gasteiger partial charge in [-0.15, -0.1) is 0 Å². The Bertz CT molecular complexity index is 2790. The molecular formula is C51H60N10O5. The van der Waals surface area contributed by atoms with Crippen molar-refractivity contribution in [2.24, 2.45) is 12.5 Å². The van der Waals surface area contributed by atoms with Crippen molar-refractivity contribution in [3.63, 3.8) is 0 Å². The number of piperazine rings is 1. The zero-order valence-electron chi connectivity index (χ0n) is 38.5. The van der Waals surface area contributed by atoms with Crippen molar-refractivity contribution in [2.75, 3.05) is 71.2 Å². The number of piperidine rings is 1. The van der Waals surface area contributed by atoms with Gasteiger partial charge in [0.25, 0.3) is 11.5 Å². The SMILES string of the molecule is C=CC(=O)Nc1cc(Nc2nc(-c3ccnc(N4CCn5c(cc6c5CC(C)(C)C6)C4=O)c3CO)cn(C)c2=O)ccc1N1CCN(C2CCN(c3ccc4c(c3)CCOC4)CC2)C[C@@H]1C. The molecule has 344 valence electrons. The Hall–Kier alpha value is -6.29. The number of carbonyl (C=O) groups excluding carboxylic acids is 2. The number of hydrogen-bond acceptors (Lipinski definition) is 11. The predicted octanol–water partition coefficient (Wildman–Crippen LogP) is 6.04. The lowest BCUT2D eigenvalue weighted by atomic mass is 9.90. The Labute approximate surface area is 385 Å². The van der Waals surface area contributed by atoms with Crippen molar-refractivity contribution in [3.8, 4) is 11.3 Å². The number of aliphatic hydroxyl groups is 1. The van der Waals surface area contributed by atoms with Crippen LogP contribution in [0.4, 0.5) is 34.4 Å². The Morgan fingerprint density at radius 2 is 1.82 bits per heavy atom. The average molecular weight is 893 g/mol. The molecule has 5 aromatic rings. The fourth-order valence-corrected chi connectivity index (χ4v) is 11.0. The van der Waals surface area contributed by atoms with Gasteiger partial charge in [0, 0.05) is 106 Å². The van der Waals surface area contributed by atoms with Crippen LogP contribution in [0.3, 0.4) is 0 Å². The molecule has 3 N–H and O–H groups in total. The molecule has 10 rings (SSSR count). The van der Waals surface area contributed by atoms with Crippen molar-refractivity contribution < 1.29 is 19.4 Å². The van der Waals surface area contributed by atoms with Crippen molar-refractivity contribution in [3.05, 3.63) is 118 Å². The number of ether oxygens (including phenoxy) is 1. The van der Waals surface area contributed by atoms with Crippen LogP contribution in [-0.4, -0.2) is 98.9 Å². The van der Waals surface area contributed by atoms with Gasteiger partial charge < -0.3 is 39.4 Å². The smallest absolute Gasteiger partial charge is 0.293 e. The molecule has 2 fully saturated rings. The summed E-state index contributed by atoms with van der Waals surface area (Å²) in [4.78, 5) is 59.1. The van der Waals surface area contributed by atoms with E-state index in [1.54, 1.807) is 30.4 Å². The normalized spacial score (nSPS) is 19.6. The number of fused-ring (bicyclic) bond motifs is 4. The summed E-state index contributed by atoms with van der Waals surface area (Å²) in [5.74, 6) is -0.0662. The molecule has 15 heteroatoms.